The van der Waals surface area contributed by atoms with Crippen LogP contribution in [-0.4, -0.2) is 56.7 Å². The first-order chi connectivity index (χ1) is 11.7. The lowest BCUT2D eigenvalue weighted by atomic mass is 10.2. The zero-order valence-corrected chi connectivity index (χ0v) is 14.9. The number of hydrogen-bond acceptors (Lipinski definition) is 5. The summed E-state index contributed by atoms with van der Waals surface area (Å²) in [6.45, 7) is 8.62. The summed E-state index contributed by atoms with van der Waals surface area (Å²) >= 11 is 0. The Morgan fingerprint density at radius 2 is 2.12 bits per heavy atom. The Kier molecular flexibility index (Phi) is 7.34. The predicted octanol–water partition coefficient (Wildman–Crippen LogP) is 2.11. The molecule has 1 amide bonds. The molecule has 0 saturated carbocycles. The fourth-order valence-electron chi connectivity index (χ4n) is 2.83. The fourth-order valence-corrected chi connectivity index (χ4v) is 2.83. The monoisotopic (exact) mass is 335 g/mol. The van der Waals surface area contributed by atoms with Crippen molar-refractivity contribution in [3.8, 4) is 11.5 Å². The van der Waals surface area contributed by atoms with Gasteiger partial charge in [-0.2, -0.15) is 0 Å². The number of amides is 1. The van der Waals surface area contributed by atoms with Gasteiger partial charge < -0.3 is 25.0 Å². The zero-order chi connectivity index (χ0) is 17.4. The molecule has 2 rings (SSSR count). The molecule has 134 valence electrons. The largest absolute Gasteiger partial charge is 0.493 e. The van der Waals surface area contributed by atoms with Crippen molar-refractivity contribution in [2.75, 3.05) is 45.2 Å². The molecule has 1 aromatic carbocycles. The van der Waals surface area contributed by atoms with Crippen molar-refractivity contribution in [1.29, 1.82) is 0 Å². The van der Waals surface area contributed by atoms with E-state index in [4.69, 9.17) is 9.47 Å². The third-order valence-corrected chi connectivity index (χ3v) is 4.37. The summed E-state index contributed by atoms with van der Waals surface area (Å²) in [6.07, 6.45) is 1.93. The summed E-state index contributed by atoms with van der Waals surface area (Å²) in [7, 11) is 1.62. The highest BCUT2D eigenvalue weighted by atomic mass is 16.5. The van der Waals surface area contributed by atoms with Crippen LogP contribution in [0.15, 0.2) is 18.2 Å². The van der Waals surface area contributed by atoms with Crippen molar-refractivity contribution < 1.29 is 14.3 Å². The molecule has 0 aliphatic carbocycles. The Hall–Kier alpha value is -1.79. The Balaban J connectivity index is 1.97. The normalized spacial score (nSPS) is 17.1. The number of nitrogens with one attached hydrogen (secondary N) is 2. The van der Waals surface area contributed by atoms with Gasteiger partial charge in [-0.1, -0.05) is 13.8 Å². The van der Waals surface area contributed by atoms with Gasteiger partial charge in [-0.15, -0.1) is 0 Å². The van der Waals surface area contributed by atoms with E-state index >= 15 is 0 Å². The molecule has 6 heteroatoms. The van der Waals surface area contributed by atoms with Crippen LogP contribution < -0.4 is 20.1 Å². The van der Waals surface area contributed by atoms with E-state index in [1.54, 1.807) is 7.11 Å². The zero-order valence-electron chi connectivity index (χ0n) is 14.9. The molecule has 0 aromatic heterocycles. The van der Waals surface area contributed by atoms with Crippen LogP contribution in [0.25, 0.3) is 0 Å². The van der Waals surface area contributed by atoms with Gasteiger partial charge in [-0.05, 0) is 44.6 Å². The molecular weight excluding hydrogens is 306 g/mol. The van der Waals surface area contributed by atoms with E-state index in [2.05, 4.69) is 29.4 Å². The Bertz CT molecular complexity index is 526. The maximum absolute atomic E-state index is 12.2. The smallest absolute Gasteiger partial charge is 0.241 e. The molecule has 1 fully saturated rings. The lowest BCUT2D eigenvalue weighted by molar-refractivity contribution is -0.117. The number of benzene rings is 1. The minimum absolute atomic E-state index is 0.00626. The van der Waals surface area contributed by atoms with Crippen LogP contribution in [-0.2, 0) is 4.79 Å². The summed E-state index contributed by atoms with van der Waals surface area (Å²) in [4.78, 5) is 14.5. The number of methoxy groups -OCH3 is 1. The number of nitrogens with zero attached hydrogens (tertiary/aromatic N) is 1. The van der Waals surface area contributed by atoms with Crippen LogP contribution in [0.5, 0.6) is 11.5 Å². The van der Waals surface area contributed by atoms with Gasteiger partial charge >= 0.3 is 0 Å². The molecule has 24 heavy (non-hydrogen) atoms. The van der Waals surface area contributed by atoms with Crippen molar-refractivity contribution in [3.05, 3.63) is 18.2 Å². The molecule has 2 N–H and O–H groups in total. The van der Waals surface area contributed by atoms with Crippen molar-refractivity contribution in [2.24, 2.45) is 0 Å². The SMILES string of the molecule is CCN(CC)CCOc1cc(NC(=O)C2CCCN2)ccc1OC. The Morgan fingerprint density at radius 3 is 2.75 bits per heavy atom. The van der Waals surface area contributed by atoms with Crippen molar-refractivity contribution in [1.82, 2.24) is 10.2 Å². The number of carbonyl (C=O) groups is 1. The van der Waals surface area contributed by atoms with Gasteiger partial charge in [0.25, 0.3) is 0 Å². The second-order valence-electron chi connectivity index (χ2n) is 5.88. The van der Waals surface area contributed by atoms with Gasteiger partial charge in [-0.25, -0.2) is 0 Å². The van der Waals surface area contributed by atoms with Gasteiger partial charge in [0.2, 0.25) is 5.91 Å². The molecular formula is C18H29N3O3. The maximum atomic E-state index is 12.2. The molecule has 0 radical (unpaired) electrons. The first kappa shape index (κ1) is 18.5. The highest BCUT2D eigenvalue weighted by Crippen LogP contribution is 2.30. The van der Waals surface area contributed by atoms with E-state index in [-0.39, 0.29) is 11.9 Å². The van der Waals surface area contributed by atoms with Crippen molar-refractivity contribution in [2.45, 2.75) is 32.7 Å². The highest BCUT2D eigenvalue weighted by Gasteiger charge is 2.22. The molecule has 1 atom stereocenters. The van der Waals surface area contributed by atoms with Crippen LogP contribution in [0.3, 0.4) is 0 Å². The molecule has 6 nitrogen and oxygen atoms in total. The first-order valence-electron chi connectivity index (χ1n) is 8.75. The standard InChI is InChI=1S/C18H29N3O3/c1-4-21(5-2)11-12-24-17-13-14(8-9-16(17)23-3)20-18(22)15-7-6-10-19-15/h8-9,13,15,19H,4-7,10-12H2,1-3H3,(H,20,22). The van der Waals surface area contributed by atoms with Crippen molar-refractivity contribution >= 4 is 11.6 Å². The van der Waals surface area contributed by atoms with Crippen molar-refractivity contribution in [3.63, 3.8) is 0 Å². The summed E-state index contributed by atoms with van der Waals surface area (Å²) < 4.78 is 11.2. The summed E-state index contributed by atoms with van der Waals surface area (Å²) in [5, 5.41) is 6.15. The highest BCUT2D eigenvalue weighted by molar-refractivity contribution is 5.95. The molecule has 1 heterocycles. The summed E-state index contributed by atoms with van der Waals surface area (Å²) in [6, 6.07) is 5.39. The predicted molar refractivity (Wildman–Crippen MR) is 95.9 cm³/mol. The topological polar surface area (TPSA) is 62.8 Å². The van der Waals surface area contributed by atoms with Crippen LogP contribution in [0.2, 0.25) is 0 Å². The second kappa shape index (κ2) is 9.49. The number of anilines is 1. The minimum atomic E-state index is -0.0980. The number of hydrogen-bond donors (Lipinski definition) is 2. The Morgan fingerprint density at radius 1 is 1.33 bits per heavy atom. The molecule has 0 bridgehead atoms. The van der Waals surface area contributed by atoms with E-state index in [0.717, 1.165) is 44.7 Å². The van der Waals surface area contributed by atoms with Crippen LogP contribution >= 0.6 is 0 Å². The van der Waals surface area contributed by atoms with E-state index in [1.165, 1.54) is 0 Å². The molecule has 1 unspecified atom stereocenters. The van der Waals surface area contributed by atoms with E-state index in [9.17, 15) is 4.79 Å². The van der Waals surface area contributed by atoms with Gasteiger partial charge in [-0.3, -0.25) is 4.79 Å². The van der Waals surface area contributed by atoms with Gasteiger partial charge in [0.05, 0.1) is 13.2 Å². The van der Waals surface area contributed by atoms with Crippen LogP contribution in [0.1, 0.15) is 26.7 Å². The van der Waals surface area contributed by atoms with Crippen LogP contribution in [0.4, 0.5) is 5.69 Å². The number of likely N-dealkylation sites (N-methyl/N-ethyl adjacent to an activating group) is 1. The lowest BCUT2D eigenvalue weighted by Gasteiger charge is -2.19. The average Bonchev–Trinajstić information content (AvgIpc) is 3.14. The molecule has 0 spiro atoms. The van der Waals surface area contributed by atoms with Gasteiger partial charge in [0.1, 0.15) is 6.61 Å². The number of carbonyl (C=O) groups excluding carboxylic acids is 1. The molecule has 1 aliphatic heterocycles. The second-order valence-corrected chi connectivity index (χ2v) is 5.88. The first-order valence-corrected chi connectivity index (χ1v) is 8.75. The minimum Gasteiger partial charge on any atom is -0.493 e. The van der Waals surface area contributed by atoms with E-state index < -0.39 is 0 Å². The maximum Gasteiger partial charge on any atom is 0.241 e. The quantitative estimate of drug-likeness (QED) is 0.724. The Labute approximate surface area is 144 Å². The van der Waals surface area contributed by atoms with E-state index in [0.29, 0.717) is 18.1 Å². The third-order valence-electron chi connectivity index (χ3n) is 4.37. The molecule has 1 aromatic rings. The van der Waals surface area contributed by atoms with Gasteiger partial charge in [0.15, 0.2) is 11.5 Å². The fraction of sp³-hybridized carbons (Fsp3) is 0.611. The average molecular weight is 335 g/mol. The molecule has 1 saturated heterocycles. The summed E-state index contributed by atoms with van der Waals surface area (Å²) in [5.74, 6) is 1.33. The van der Waals surface area contributed by atoms with Crippen LogP contribution in [0, 0.1) is 0 Å². The molecule has 1 aliphatic rings. The van der Waals surface area contributed by atoms with Gasteiger partial charge in [0, 0.05) is 18.3 Å². The third kappa shape index (κ3) is 5.11. The summed E-state index contributed by atoms with van der Waals surface area (Å²) in [5.41, 5.74) is 0.729. The number of rotatable bonds is 9. The van der Waals surface area contributed by atoms with E-state index in [1.807, 2.05) is 18.2 Å². The number of ether oxygens (including phenoxy) is 2. The lowest BCUT2D eigenvalue weighted by Crippen LogP contribution is -2.35.